The van der Waals surface area contributed by atoms with Gasteiger partial charge in [-0.2, -0.15) is 0 Å². The van der Waals surface area contributed by atoms with Crippen LogP contribution in [-0.4, -0.2) is 60.3 Å². The maximum Gasteiger partial charge on any atom is 0.175 e. The molecule has 1 aromatic carbocycles. The number of aromatic hydroxyl groups is 1. The van der Waals surface area contributed by atoms with Crippen molar-refractivity contribution in [3.63, 3.8) is 0 Å². The third-order valence-electron chi connectivity index (χ3n) is 9.42. The van der Waals surface area contributed by atoms with Crippen LogP contribution in [0.25, 0.3) is 16.8 Å². The van der Waals surface area contributed by atoms with Crippen LogP contribution in [0.3, 0.4) is 0 Å². The zero-order valence-corrected chi connectivity index (χ0v) is 26.1. The maximum atomic E-state index is 16.5. The van der Waals surface area contributed by atoms with Crippen molar-refractivity contribution in [2.75, 3.05) is 26.7 Å². The van der Waals surface area contributed by atoms with Crippen LogP contribution in [-0.2, 0) is 6.42 Å². The number of nitrogens with zero attached hydrogens (tertiary/aromatic N) is 4. The number of aromatic nitrogens is 1. The Kier molecular flexibility index (Phi) is 10.4. The number of pyridine rings is 1. The molecule has 3 aliphatic rings. The first kappa shape index (κ1) is 31.1. The molecule has 0 bridgehead atoms. The summed E-state index contributed by atoms with van der Waals surface area (Å²) in [5.41, 5.74) is 6.37. The first-order chi connectivity index (χ1) is 21.0. The molecule has 2 aromatic rings. The van der Waals surface area contributed by atoms with Crippen molar-refractivity contribution in [3.05, 3.63) is 59.1 Å². The van der Waals surface area contributed by atoms with Crippen molar-refractivity contribution < 1.29 is 9.50 Å². The minimum atomic E-state index is -0.513. The topological polar surface area (TPSA) is 73.1 Å². The molecule has 2 unspecified atom stereocenters. The summed E-state index contributed by atoms with van der Waals surface area (Å²) in [5, 5.41) is 14.0. The summed E-state index contributed by atoms with van der Waals surface area (Å²) in [7, 11) is 2.05. The average molecular weight is 586 g/mol. The standard InChI is InChI=1S/C36H48FN5O/c1-5-7-8-9-13-27(38-3)14-10-17-40-36(42-18-11-12-24(6-2)23-42)31-22-41-35(33(37)34(31)39-4)30-21-28(43)19-26-16-15-25-20-29(25)32(26)30/h6,19,21-22,24,27,38,43H,2,4-5,7-18,20,23H2,1,3H3. The number of hydrogen-bond donors (Lipinski definition) is 2. The molecule has 7 heteroatoms. The zero-order chi connectivity index (χ0) is 30.3. The molecule has 0 spiro atoms. The van der Waals surface area contributed by atoms with Gasteiger partial charge >= 0.3 is 0 Å². The van der Waals surface area contributed by atoms with Crippen LogP contribution < -0.4 is 5.32 Å². The molecule has 1 aliphatic heterocycles. The summed E-state index contributed by atoms with van der Waals surface area (Å²) < 4.78 is 16.5. The molecule has 1 fully saturated rings. The molecule has 2 aliphatic carbocycles. The number of halogens is 1. The molecular weight excluding hydrogens is 537 g/mol. The van der Waals surface area contributed by atoms with E-state index < -0.39 is 5.82 Å². The van der Waals surface area contributed by atoms with Gasteiger partial charge in [0, 0.05) is 37.4 Å². The van der Waals surface area contributed by atoms with Crippen LogP contribution in [0.15, 0.2) is 46.5 Å². The van der Waals surface area contributed by atoms with Crippen LogP contribution in [0.1, 0.15) is 94.2 Å². The number of likely N-dealkylation sites (tertiary alicyclic amines) is 1. The molecular formula is C36H48FN5O. The number of aliphatic imine (C=N–C) groups is 2. The molecule has 2 N–H and O–H groups in total. The van der Waals surface area contributed by atoms with E-state index in [0.29, 0.717) is 29.6 Å². The summed E-state index contributed by atoms with van der Waals surface area (Å²) in [6.07, 6.45) is 16.9. The van der Waals surface area contributed by atoms with Gasteiger partial charge in [0.15, 0.2) is 5.82 Å². The number of aryl methyl sites for hydroxylation is 1. The van der Waals surface area contributed by atoms with Gasteiger partial charge in [-0.15, -0.1) is 6.58 Å². The van der Waals surface area contributed by atoms with E-state index in [1.54, 1.807) is 18.3 Å². The van der Waals surface area contributed by atoms with Gasteiger partial charge in [0.2, 0.25) is 0 Å². The van der Waals surface area contributed by atoms with Crippen molar-refractivity contribution in [1.29, 1.82) is 0 Å². The van der Waals surface area contributed by atoms with E-state index >= 15 is 4.39 Å². The summed E-state index contributed by atoms with van der Waals surface area (Å²) in [6.45, 7) is 12.3. The van der Waals surface area contributed by atoms with E-state index in [2.05, 4.69) is 35.4 Å². The molecule has 2 atom stereocenters. The number of unbranched alkanes of at least 4 members (excludes halogenated alkanes) is 3. The summed E-state index contributed by atoms with van der Waals surface area (Å²) in [6, 6.07) is 3.93. The first-order valence-corrected chi connectivity index (χ1v) is 16.3. The molecule has 5 rings (SSSR count). The molecule has 0 amide bonds. The molecule has 2 heterocycles. The highest BCUT2D eigenvalue weighted by molar-refractivity contribution is 6.04. The zero-order valence-electron chi connectivity index (χ0n) is 26.1. The van der Waals surface area contributed by atoms with Crippen LogP contribution in [0.4, 0.5) is 10.1 Å². The molecule has 6 nitrogen and oxygen atoms in total. The van der Waals surface area contributed by atoms with Gasteiger partial charge in [0.25, 0.3) is 0 Å². The second kappa shape index (κ2) is 14.4. The lowest BCUT2D eigenvalue weighted by Crippen LogP contribution is -2.40. The minimum absolute atomic E-state index is 0.133. The monoisotopic (exact) mass is 585 g/mol. The van der Waals surface area contributed by atoms with E-state index in [0.717, 1.165) is 75.0 Å². The van der Waals surface area contributed by atoms with Crippen molar-refractivity contribution in [3.8, 4) is 17.0 Å². The Morgan fingerprint density at radius 1 is 1.23 bits per heavy atom. The number of piperidine rings is 1. The number of nitrogens with one attached hydrogen (secondary N) is 1. The molecule has 230 valence electrons. The van der Waals surface area contributed by atoms with Crippen LogP contribution in [0.5, 0.6) is 5.75 Å². The summed E-state index contributed by atoms with van der Waals surface area (Å²) in [4.78, 5) is 16.3. The minimum Gasteiger partial charge on any atom is -0.508 e. The van der Waals surface area contributed by atoms with Crippen LogP contribution in [0, 0.1) is 11.7 Å². The summed E-state index contributed by atoms with van der Waals surface area (Å²) in [5.74, 6) is 0.711. The number of allylic oxidation sites excluding steroid dienone is 2. The number of amidine groups is 1. The lowest BCUT2D eigenvalue weighted by Gasteiger charge is -2.34. The molecule has 1 aromatic heterocycles. The van der Waals surface area contributed by atoms with E-state index in [9.17, 15) is 5.11 Å². The summed E-state index contributed by atoms with van der Waals surface area (Å²) >= 11 is 0. The van der Waals surface area contributed by atoms with Crippen molar-refractivity contribution in [2.24, 2.45) is 15.9 Å². The second-order valence-electron chi connectivity index (χ2n) is 12.4. The van der Waals surface area contributed by atoms with E-state index in [-0.39, 0.29) is 17.1 Å². The predicted octanol–water partition coefficient (Wildman–Crippen LogP) is 8.01. The molecule has 43 heavy (non-hydrogen) atoms. The highest BCUT2D eigenvalue weighted by Crippen LogP contribution is 2.52. The Morgan fingerprint density at radius 3 is 2.84 bits per heavy atom. The first-order valence-electron chi connectivity index (χ1n) is 16.3. The van der Waals surface area contributed by atoms with Crippen LogP contribution in [0.2, 0.25) is 0 Å². The number of benzene rings is 1. The maximum absolute atomic E-state index is 16.5. The fourth-order valence-corrected chi connectivity index (χ4v) is 6.89. The van der Waals surface area contributed by atoms with Crippen LogP contribution >= 0.6 is 0 Å². The highest BCUT2D eigenvalue weighted by atomic mass is 19.1. The SMILES string of the molecule is C=CC1CCCN(C(=NCCCC(CCCCCC)NC)c2cnc(-c3cc(O)cc4c3C3=C(CC4)C3)c(F)c2N=C)C1. The van der Waals surface area contributed by atoms with Gasteiger partial charge in [0.05, 0.1) is 5.56 Å². The lowest BCUT2D eigenvalue weighted by molar-refractivity contribution is 0.293. The molecule has 0 saturated carbocycles. The highest BCUT2D eigenvalue weighted by Gasteiger charge is 2.34. The third kappa shape index (κ3) is 7.09. The Bertz CT molecular complexity index is 1400. The van der Waals surface area contributed by atoms with Gasteiger partial charge in [-0.1, -0.05) is 44.3 Å². The Labute approximate surface area is 256 Å². The number of fused-ring (bicyclic) bond motifs is 2. The van der Waals surface area contributed by atoms with E-state index in [1.807, 2.05) is 13.1 Å². The van der Waals surface area contributed by atoms with Crippen molar-refractivity contribution in [2.45, 2.75) is 90.0 Å². The number of phenolic OH excluding ortho intramolecular Hbond substituents is 1. The quantitative estimate of drug-likeness (QED) is 0.102. The fraction of sp³-hybridized carbons (Fsp3) is 0.528. The largest absolute Gasteiger partial charge is 0.508 e. The lowest BCUT2D eigenvalue weighted by atomic mass is 9.90. The average Bonchev–Trinajstić information content (AvgIpc) is 3.82. The molecule has 1 saturated heterocycles. The Morgan fingerprint density at radius 2 is 2.07 bits per heavy atom. The van der Waals surface area contributed by atoms with Gasteiger partial charge in [0.1, 0.15) is 23.0 Å². The second-order valence-corrected chi connectivity index (χ2v) is 12.4. The van der Waals surface area contributed by atoms with Gasteiger partial charge in [-0.05, 0) is 99.9 Å². The van der Waals surface area contributed by atoms with Gasteiger partial charge in [-0.25, -0.2) is 4.39 Å². The Balaban J connectivity index is 1.44. The normalized spacial score (nSPS) is 18.7. The van der Waals surface area contributed by atoms with Crippen molar-refractivity contribution >= 4 is 23.8 Å². The van der Waals surface area contributed by atoms with Crippen molar-refractivity contribution in [1.82, 2.24) is 15.2 Å². The number of rotatable bonds is 14. The van der Waals surface area contributed by atoms with E-state index in [1.165, 1.54) is 43.3 Å². The third-order valence-corrected chi connectivity index (χ3v) is 9.42. The fourth-order valence-electron chi connectivity index (χ4n) is 6.89. The number of hydrogen-bond acceptors (Lipinski definition) is 5. The predicted molar refractivity (Wildman–Crippen MR) is 177 cm³/mol. The van der Waals surface area contributed by atoms with E-state index in [4.69, 9.17) is 9.98 Å². The number of phenols is 1. The van der Waals surface area contributed by atoms with Gasteiger partial charge in [-0.3, -0.25) is 15.0 Å². The smallest absolute Gasteiger partial charge is 0.175 e. The Hall–Kier alpha value is -3.32. The molecule has 0 radical (unpaired) electrons. The van der Waals surface area contributed by atoms with Gasteiger partial charge < -0.3 is 15.3 Å².